The van der Waals surface area contributed by atoms with Crippen molar-refractivity contribution >= 4 is 43.5 Å². The van der Waals surface area contributed by atoms with Crippen molar-refractivity contribution in [2.24, 2.45) is 5.73 Å². The van der Waals surface area contributed by atoms with Crippen LogP contribution < -0.4 is 14.3 Å². The van der Waals surface area contributed by atoms with E-state index in [2.05, 4.69) is 51.3 Å². The number of methoxy groups -OCH3 is 1. The van der Waals surface area contributed by atoms with E-state index in [1.54, 1.807) is 69.3 Å². The molecule has 0 radical (unpaired) electrons. The maximum atomic E-state index is 13.8. The lowest BCUT2D eigenvalue weighted by atomic mass is 10.1. The van der Waals surface area contributed by atoms with Crippen LogP contribution in [0.25, 0.3) is 0 Å². The Morgan fingerprint density at radius 3 is 1.23 bits per heavy atom. The molecule has 4 atom stereocenters. The molecule has 2 fully saturated rings. The van der Waals surface area contributed by atoms with Crippen molar-refractivity contribution in [2.45, 2.75) is 91.6 Å². The molecule has 4 aromatic rings. The molecule has 2 aliphatic rings. The average molecular weight is 918 g/mol. The van der Waals surface area contributed by atoms with Crippen LogP contribution in [-0.2, 0) is 38.2 Å². The number of rotatable bonds is 17. The lowest BCUT2D eigenvalue weighted by Gasteiger charge is -2.45. The van der Waals surface area contributed by atoms with Gasteiger partial charge in [0.2, 0.25) is 0 Å². The highest BCUT2D eigenvalue weighted by Crippen LogP contribution is 2.29. The van der Waals surface area contributed by atoms with Gasteiger partial charge in [-0.05, 0) is 101 Å². The standard InChI is InChI=1S/C24H34N4O3S.C24H33N3O4S/c1-4-14-27-19(2)16-26(17-20(27)3)32(30,31)28(23-8-6-5-7-9-23)18-21-10-12-22(13-11-21)24(29)15-25;1-5-15-26-19(2)16-25(17-20(26)3)32(29,30)27(23-9-7-6-8-10-23)18-21-11-13-22(14-12-21)24(28)31-4/h5-13,19-20H,4,14-18,25H2,1-3H3;6-14,19-20H,5,15-18H2,1-4H3/t2*19-,20+. The normalized spacial score (nSPS) is 20.2. The molecule has 2 N–H and O–H groups in total. The van der Waals surface area contributed by atoms with E-state index >= 15 is 0 Å². The van der Waals surface area contributed by atoms with Crippen molar-refractivity contribution in [3.8, 4) is 0 Å². The topological polar surface area (TPSA) is 157 Å². The summed E-state index contributed by atoms with van der Waals surface area (Å²) in [5, 5.41) is 0. The predicted molar refractivity (Wildman–Crippen MR) is 256 cm³/mol. The number of ether oxygens (including phenoxy) is 1. The van der Waals surface area contributed by atoms with Crippen molar-refractivity contribution in [1.82, 2.24) is 18.4 Å². The second-order valence-electron chi connectivity index (χ2n) is 16.7. The van der Waals surface area contributed by atoms with Gasteiger partial charge < -0.3 is 10.5 Å². The smallest absolute Gasteiger partial charge is 0.337 e. The molecular weight excluding hydrogens is 851 g/mol. The number of piperazine rings is 2. The zero-order valence-electron chi connectivity index (χ0n) is 38.4. The van der Waals surface area contributed by atoms with Crippen molar-refractivity contribution < 1.29 is 31.2 Å². The van der Waals surface area contributed by atoms with Crippen LogP contribution in [0.15, 0.2) is 109 Å². The summed E-state index contributed by atoms with van der Waals surface area (Å²) in [5.41, 5.74) is 9.22. The first-order valence-corrected chi connectivity index (χ1v) is 25.0. The van der Waals surface area contributed by atoms with Gasteiger partial charge in [0, 0.05) is 55.9 Å². The Bertz CT molecular complexity index is 2130. The van der Waals surface area contributed by atoms with E-state index in [0.717, 1.165) is 37.1 Å². The summed E-state index contributed by atoms with van der Waals surface area (Å²) in [7, 11) is -6.18. The van der Waals surface area contributed by atoms with Gasteiger partial charge in [-0.1, -0.05) is 86.6 Å². The van der Waals surface area contributed by atoms with Crippen molar-refractivity contribution in [3.63, 3.8) is 0 Å². The summed E-state index contributed by atoms with van der Waals surface area (Å²) in [5.74, 6) is -0.561. The Morgan fingerprint density at radius 2 is 0.922 bits per heavy atom. The predicted octanol–water partition coefficient (Wildman–Crippen LogP) is 6.41. The van der Waals surface area contributed by atoms with Gasteiger partial charge in [-0.3, -0.25) is 23.2 Å². The summed E-state index contributed by atoms with van der Waals surface area (Å²) in [6, 6.07) is 32.7. The highest BCUT2D eigenvalue weighted by Gasteiger charge is 2.40. The maximum absolute atomic E-state index is 13.8. The number of hydrogen-bond acceptors (Lipinski definition) is 10. The lowest BCUT2D eigenvalue weighted by molar-refractivity contribution is 0.0600. The zero-order chi connectivity index (χ0) is 46.6. The van der Waals surface area contributed by atoms with Crippen molar-refractivity contribution in [1.29, 1.82) is 0 Å². The number of carbonyl (C=O) groups is 2. The van der Waals surface area contributed by atoms with E-state index in [1.807, 2.05) is 48.5 Å². The van der Waals surface area contributed by atoms with Crippen molar-refractivity contribution in [3.05, 3.63) is 131 Å². The second kappa shape index (κ2) is 23.0. The molecule has 0 aliphatic carbocycles. The minimum Gasteiger partial charge on any atom is -0.465 e. The molecule has 0 unspecified atom stereocenters. The van der Waals surface area contributed by atoms with Gasteiger partial charge in [-0.15, -0.1) is 0 Å². The van der Waals surface area contributed by atoms with E-state index < -0.39 is 26.4 Å². The third-order valence-corrected chi connectivity index (χ3v) is 15.6. The van der Waals surface area contributed by atoms with Crippen LogP contribution in [0, 0.1) is 0 Å². The number of Topliss-reactive ketones (excluding diaryl/α,β-unsaturated/α-hetero) is 1. The highest BCUT2D eigenvalue weighted by molar-refractivity contribution is 7.90. The first-order chi connectivity index (χ1) is 30.5. The molecular formula is C48H67N7O7S2. The molecule has 0 bridgehead atoms. The van der Waals surface area contributed by atoms with Crippen LogP contribution in [-0.4, -0.2) is 124 Å². The number of nitrogens with zero attached hydrogens (tertiary/aromatic N) is 6. The van der Waals surface area contributed by atoms with Gasteiger partial charge in [0.05, 0.1) is 43.7 Å². The number of anilines is 2. The van der Waals surface area contributed by atoms with E-state index in [0.29, 0.717) is 48.7 Å². The Kier molecular flexibility index (Phi) is 18.1. The minimum absolute atomic E-state index is 0.0513. The van der Waals surface area contributed by atoms with Gasteiger partial charge in [0.15, 0.2) is 5.78 Å². The van der Waals surface area contributed by atoms with Crippen LogP contribution in [0.2, 0.25) is 0 Å². The summed E-state index contributed by atoms with van der Waals surface area (Å²) in [6.07, 6.45) is 2.08. The summed E-state index contributed by atoms with van der Waals surface area (Å²) in [4.78, 5) is 28.3. The Hall–Kier alpha value is -4.68. The Balaban J connectivity index is 0.000000241. The van der Waals surface area contributed by atoms with Gasteiger partial charge in [-0.2, -0.15) is 25.4 Å². The summed E-state index contributed by atoms with van der Waals surface area (Å²) < 4.78 is 66.2. The molecule has 6 rings (SSSR count). The molecule has 0 spiro atoms. The largest absolute Gasteiger partial charge is 0.465 e. The average Bonchev–Trinajstić information content (AvgIpc) is 3.30. The number of benzene rings is 4. The summed E-state index contributed by atoms with van der Waals surface area (Å²) >= 11 is 0. The SMILES string of the molecule is CCCN1[C@H](C)CN(S(=O)(=O)N(Cc2ccc(C(=O)CN)cc2)c2ccccc2)C[C@@H]1C.CCCN1[C@H](C)CN(S(=O)(=O)N(Cc2ccc(C(=O)OC)cc2)c2ccccc2)C[C@@H]1C. The molecule has 0 saturated carbocycles. The fraction of sp³-hybridized carbons (Fsp3) is 0.458. The van der Waals surface area contributed by atoms with Gasteiger partial charge >= 0.3 is 26.4 Å². The van der Waals surface area contributed by atoms with Crippen LogP contribution in [0.1, 0.15) is 86.2 Å². The molecule has 2 heterocycles. The number of carbonyl (C=O) groups excluding carboxylic acids is 2. The molecule has 14 nitrogen and oxygen atoms in total. The lowest BCUT2D eigenvalue weighted by Crippen LogP contribution is -2.60. The number of para-hydroxylation sites is 2. The fourth-order valence-electron chi connectivity index (χ4n) is 8.58. The molecule has 2 aliphatic heterocycles. The number of nitrogens with two attached hydrogens (primary N) is 1. The van der Waals surface area contributed by atoms with E-state index in [-0.39, 0.29) is 49.6 Å². The minimum atomic E-state index is -3.76. The first-order valence-electron chi connectivity index (χ1n) is 22.2. The van der Waals surface area contributed by atoms with Crippen LogP contribution in [0.3, 0.4) is 0 Å². The number of esters is 1. The fourth-order valence-corrected chi connectivity index (χ4v) is 12.2. The Morgan fingerprint density at radius 1 is 0.578 bits per heavy atom. The van der Waals surface area contributed by atoms with Gasteiger partial charge in [0.25, 0.3) is 0 Å². The number of ketones is 1. The first kappa shape index (κ1) is 50.3. The summed E-state index contributed by atoms with van der Waals surface area (Å²) in [6.45, 7) is 16.7. The molecule has 4 aromatic carbocycles. The molecule has 0 aromatic heterocycles. The zero-order valence-corrected chi connectivity index (χ0v) is 40.0. The maximum Gasteiger partial charge on any atom is 0.337 e. The molecule has 0 amide bonds. The van der Waals surface area contributed by atoms with E-state index in [9.17, 15) is 26.4 Å². The quantitative estimate of drug-likeness (QED) is 0.0928. The van der Waals surface area contributed by atoms with E-state index in [1.165, 1.54) is 15.7 Å². The number of hydrogen-bond donors (Lipinski definition) is 1. The highest BCUT2D eigenvalue weighted by atomic mass is 32.2. The monoisotopic (exact) mass is 917 g/mol. The second-order valence-corrected chi connectivity index (χ2v) is 20.4. The third kappa shape index (κ3) is 12.4. The van der Waals surface area contributed by atoms with Crippen LogP contribution >= 0.6 is 0 Å². The third-order valence-electron chi connectivity index (χ3n) is 11.9. The Labute approximate surface area is 381 Å². The van der Waals surface area contributed by atoms with Crippen molar-refractivity contribution in [2.75, 3.05) is 61.5 Å². The van der Waals surface area contributed by atoms with Gasteiger partial charge in [0.1, 0.15) is 0 Å². The van der Waals surface area contributed by atoms with Gasteiger partial charge in [-0.25, -0.2) is 4.79 Å². The molecule has 348 valence electrons. The van der Waals surface area contributed by atoms with Crippen LogP contribution in [0.5, 0.6) is 0 Å². The van der Waals surface area contributed by atoms with E-state index in [4.69, 9.17) is 10.5 Å². The molecule has 2 saturated heterocycles. The molecule has 16 heteroatoms. The van der Waals surface area contributed by atoms with Crippen LogP contribution in [0.4, 0.5) is 11.4 Å². The molecule has 64 heavy (non-hydrogen) atoms.